The molecule has 27 heavy (non-hydrogen) atoms. The van der Waals surface area contributed by atoms with Gasteiger partial charge in [-0.15, -0.1) is 0 Å². The molecule has 1 aromatic carbocycles. The zero-order valence-corrected chi connectivity index (χ0v) is 16.3. The molecule has 146 valence electrons. The summed E-state index contributed by atoms with van der Waals surface area (Å²) in [6.45, 7) is 5.30. The van der Waals surface area contributed by atoms with E-state index in [1.165, 1.54) is 0 Å². The number of aryl methyl sites for hydroxylation is 2. The van der Waals surface area contributed by atoms with Gasteiger partial charge < -0.3 is 9.64 Å². The highest BCUT2D eigenvalue weighted by atomic mass is 16.5. The minimum absolute atomic E-state index is 0.00287. The van der Waals surface area contributed by atoms with Crippen molar-refractivity contribution in [3.8, 4) is 0 Å². The van der Waals surface area contributed by atoms with Crippen LogP contribution < -0.4 is 0 Å². The van der Waals surface area contributed by atoms with Crippen LogP contribution >= 0.6 is 0 Å². The van der Waals surface area contributed by atoms with Crippen LogP contribution in [0.3, 0.4) is 0 Å². The Bertz CT molecular complexity index is 727. The summed E-state index contributed by atoms with van der Waals surface area (Å²) in [7, 11) is 0. The van der Waals surface area contributed by atoms with Gasteiger partial charge in [-0.1, -0.05) is 24.1 Å². The fourth-order valence-corrected chi connectivity index (χ4v) is 4.22. The van der Waals surface area contributed by atoms with Crippen molar-refractivity contribution in [3.05, 3.63) is 34.9 Å². The minimum atomic E-state index is -0.171. The third-order valence-electron chi connectivity index (χ3n) is 5.81. The number of carbonyl (C=O) groups excluding carboxylic acids is 3. The van der Waals surface area contributed by atoms with Crippen LogP contribution in [0.25, 0.3) is 0 Å². The van der Waals surface area contributed by atoms with Crippen molar-refractivity contribution in [2.45, 2.75) is 58.4 Å². The molecule has 5 heteroatoms. The zero-order valence-electron chi connectivity index (χ0n) is 16.3. The molecule has 1 saturated carbocycles. The summed E-state index contributed by atoms with van der Waals surface area (Å²) in [5.41, 5.74) is 2.68. The molecule has 2 fully saturated rings. The molecule has 2 aliphatic rings. The van der Waals surface area contributed by atoms with Gasteiger partial charge >= 0.3 is 0 Å². The quantitative estimate of drug-likeness (QED) is 0.746. The lowest BCUT2D eigenvalue weighted by Gasteiger charge is -2.41. The van der Waals surface area contributed by atoms with Crippen LogP contribution in [-0.4, -0.2) is 48.2 Å². The second-order valence-corrected chi connectivity index (χ2v) is 7.79. The molecule has 0 radical (unpaired) electrons. The number of amides is 1. The lowest BCUT2D eigenvalue weighted by atomic mass is 9.82. The molecular weight excluding hydrogens is 342 g/mol. The predicted octanol–water partition coefficient (Wildman–Crippen LogP) is 3.25. The predicted molar refractivity (Wildman–Crippen MR) is 103 cm³/mol. The molecule has 1 amide bonds. The molecule has 0 N–H and O–H groups in total. The van der Waals surface area contributed by atoms with Crippen LogP contribution in [0.1, 0.15) is 60.0 Å². The second kappa shape index (κ2) is 8.79. The number of benzene rings is 1. The lowest BCUT2D eigenvalue weighted by molar-refractivity contribution is -0.146. The third kappa shape index (κ3) is 4.64. The molecule has 2 unspecified atom stereocenters. The zero-order chi connectivity index (χ0) is 19.4. The number of Topliss-reactive ketones (excluding diaryl/α,β-unsaturated/α-hetero) is 2. The number of rotatable bonds is 5. The van der Waals surface area contributed by atoms with E-state index in [-0.39, 0.29) is 42.3 Å². The van der Waals surface area contributed by atoms with E-state index in [9.17, 15) is 14.4 Å². The highest BCUT2D eigenvalue weighted by Gasteiger charge is 2.38. The van der Waals surface area contributed by atoms with Crippen LogP contribution in [0, 0.1) is 19.8 Å². The monoisotopic (exact) mass is 371 g/mol. The summed E-state index contributed by atoms with van der Waals surface area (Å²) in [6, 6.07) is 5.64. The van der Waals surface area contributed by atoms with Gasteiger partial charge in [-0.25, -0.2) is 0 Å². The van der Waals surface area contributed by atoms with Crippen molar-refractivity contribution >= 4 is 17.5 Å². The molecule has 2 atom stereocenters. The molecule has 1 heterocycles. The summed E-state index contributed by atoms with van der Waals surface area (Å²) in [5, 5.41) is 0. The van der Waals surface area contributed by atoms with Crippen LogP contribution in [0.4, 0.5) is 0 Å². The maximum Gasteiger partial charge on any atom is 0.223 e. The van der Waals surface area contributed by atoms with Gasteiger partial charge in [0.15, 0.2) is 5.78 Å². The Morgan fingerprint density at radius 3 is 2.78 bits per heavy atom. The van der Waals surface area contributed by atoms with Crippen molar-refractivity contribution in [1.82, 2.24) is 4.90 Å². The highest BCUT2D eigenvalue weighted by Crippen LogP contribution is 2.28. The van der Waals surface area contributed by atoms with Gasteiger partial charge in [0, 0.05) is 37.3 Å². The summed E-state index contributed by atoms with van der Waals surface area (Å²) in [5.74, 6) is 0.0992. The van der Waals surface area contributed by atoms with E-state index in [2.05, 4.69) is 0 Å². The third-order valence-corrected chi connectivity index (χ3v) is 5.81. The Hall–Kier alpha value is -2.01. The summed E-state index contributed by atoms with van der Waals surface area (Å²) < 4.78 is 5.57. The Kier molecular flexibility index (Phi) is 6.42. The molecule has 1 aliphatic carbocycles. The number of nitrogens with zero attached hydrogens (tertiary/aromatic N) is 1. The number of morpholine rings is 1. The second-order valence-electron chi connectivity index (χ2n) is 7.79. The average molecular weight is 371 g/mol. The Labute approximate surface area is 161 Å². The van der Waals surface area contributed by atoms with Gasteiger partial charge in [-0.05, 0) is 38.3 Å². The van der Waals surface area contributed by atoms with E-state index >= 15 is 0 Å². The molecule has 0 bridgehead atoms. The number of hydrogen-bond donors (Lipinski definition) is 0. The van der Waals surface area contributed by atoms with Gasteiger partial charge in [-0.3, -0.25) is 14.4 Å². The van der Waals surface area contributed by atoms with Crippen LogP contribution in [-0.2, 0) is 14.3 Å². The van der Waals surface area contributed by atoms with Gasteiger partial charge in [0.2, 0.25) is 5.91 Å². The Morgan fingerprint density at radius 2 is 2.00 bits per heavy atom. The first-order valence-corrected chi connectivity index (χ1v) is 9.97. The molecule has 1 aliphatic heterocycles. The van der Waals surface area contributed by atoms with Crippen LogP contribution in [0.5, 0.6) is 0 Å². The van der Waals surface area contributed by atoms with E-state index in [0.29, 0.717) is 31.7 Å². The number of hydrogen-bond acceptors (Lipinski definition) is 4. The molecule has 3 rings (SSSR count). The Morgan fingerprint density at radius 1 is 1.19 bits per heavy atom. The molecule has 5 nitrogen and oxygen atoms in total. The van der Waals surface area contributed by atoms with Gasteiger partial charge in [-0.2, -0.15) is 0 Å². The van der Waals surface area contributed by atoms with Crippen molar-refractivity contribution in [1.29, 1.82) is 0 Å². The van der Waals surface area contributed by atoms with Crippen molar-refractivity contribution in [2.24, 2.45) is 5.92 Å². The smallest absolute Gasteiger partial charge is 0.223 e. The molecule has 0 aromatic heterocycles. The summed E-state index contributed by atoms with van der Waals surface area (Å²) >= 11 is 0. The van der Waals surface area contributed by atoms with E-state index in [1.807, 2.05) is 32.0 Å². The first-order chi connectivity index (χ1) is 13.0. The van der Waals surface area contributed by atoms with E-state index in [0.717, 1.165) is 30.4 Å². The average Bonchev–Trinajstić information content (AvgIpc) is 2.68. The number of carbonyl (C=O) groups is 3. The van der Waals surface area contributed by atoms with E-state index in [1.54, 1.807) is 4.90 Å². The number of ketones is 2. The Balaban J connectivity index is 1.64. The number of ether oxygens (including phenoxy) is 1. The van der Waals surface area contributed by atoms with Gasteiger partial charge in [0.1, 0.15) is 5.78 Å². The topological polar surface area (TPSA) is 63.7 Å². The van der Waals surface area contributed by atoms with Crippen molar-refractivity contribution in [2.75, 3.05) is 19.8 Å². The molecule has 1 saturated heterocycles. The standard InChI is InChI=1S/C22H29NO4/c1-15-7-8-16(2)18(13-15)21(25)9-10-22(26)23-11-12-27-14-19(23)17-5-3-4-6-20(17)24/h7-8,13,17,19H,3-6,9-12,14H2,1-2H3. The van der Waals surface area contributed by atoms with Crippen molar-refractivity contribution in [3.63, 3.8) is 0 Å². The van der Waals surface area contributed by atoms with Crippen molar-refractivity contribution < 1.29 is 19.1 Å². The lowest BCUT2D eigenvalue weighted by Crippen LogP contribution is -2.54. The molecule has 1 aromatic rings. The molecular formula is C22H29NO4. The van der Waals surface area contributed by atoms with Gasteiger partial charge in [0.25, 0.3) is 0 Å². The fraction of sp³-hybridized carbons (Fsp3) is 0.591. The minimum Gasteiger partial charge on any atom is -0.377 e. The first-order valence-electron chi connectivity index (χ1n) is 9.97. The summed E-state index contributed by atoms with van der Waals surface area (Å²) in [4.78, 5) is 39.6. The fourth-order valence-electron chi connectivity index (χ4n) is 4.22. The summed E-state index contributed by atoms with van der Waals surface area (Å²) in [6.07, 6.45) is 3.79. The normalized spacial score (nSPS) is 23.3. The van der Waals surface area contributed by atoms with Crippen LogP contribution in [0.15, 0.2) is 18.2 Å². The highest BCUT2D eigenvalue weighted by molar-refractivity contribution is 5.99. The van der Waals surface area contributed by atoms with Gasteiger partial charge in [0.05, 0.1) is 19.3 Å². The maximum absolute atomic E-state index is 12.9. The van der Waals surface area contributed by atoms with E-state index < -0.39 is 0 Å². The first kappa shape index (κ1) is 19.7. The van der Waals surface area contributed by atoms with E-state index in [4.69, 9.17) is 4.74 Å². The molecule has 0 spiro atoms. The largest absolute Gasteiger partial charge is 0.377 e. The SMILES string of the molecule is Cc1ccc(C)c(C(=O)CCC(=O)N2CCOCC2C2CCCCC2=O)c1. The maximum atomic E-state index is 12.9. The van der Waals surface area contributed by atoms with Crippen LogP contribution in [0.2, 0.25) is 0 Å².